The Balaban J connectivity index is 1.54. The van der Waals surface area contributed by atoms with Gasteiger partial charge in [0.1, 0.15) is 0 Å². The highest BCUT2D eigenvalue weighted by Gasteiger charge is 2.18. The summed E-state index contributed by atoms with van der Waals surface area (Å²) in [7, 11) is 0. The zero-order valence-corrected chi connectivity index (χ0v) is 18.5. The van der Waals surface area contributed by atoms with Gasteiger partial charge in [-0.1, -0.05) is 22.0 Å². The molecule has 0 fully saturated rings. The van der Waals surface area contributed by atoms with E-state index < -0.39 is 0 Å². The normalized spacial score (nSPS) is 11.3. The molecule has 0 unspecified atom stereocenters. The number of carbonyl (C=O) groups excluding carboxylic acids is 1. The molecule has 0 saturated carbocycles. The molecule has 5 rings (SSSR count). The Hall–Kier alpha value is -3.59. The summed E-state index contributed by atoms with van der Waals surface area (Å²) in [6.45, 7) is 4.84. The summed E-state index contributed by atoms with van der Waals surface area (Å²) in [5.41, 5.74) is 5.00. The minimum atomic E-state index is -0.327. The molecule has 0 spiro atoms. The fourth-order valence-corrected chi connectivity index (χ4v) is 4.10. The SMILES string of the molecule is CCn1ncc(-c2ccnc3cc(C(=O)Nc4ccc(Br)c5cccnc45)nn23)c1C. The fraction of sp³-hybridized carbons (Fsp3) is 0.136. The molecule has 4 aromatic heterocycles. The first-order valence-corrected chi connectivity index (χ1v) is 10.6. The number of amides is 1. The molecule has 4 heterocycles. The van der Waals surface area contributed by atoms with Crippen LogP contribution < -0.4 is 5.32 Å². The number of aromatic nitrogens is 6. The molecule has 5 aromatic rings. The van der Waals surface area contributed by atoms with Crippen LogP contribution in [0.5, 0.6) is 0 Å². The van der Waals surface area contributed by atoms with Crippen LogP contribution in [0.2, 0.25) is 0 Å². The lowest BCUT2D eigenvalue weighted by molar-refractivity contribution is 0.102. The van der Waals surface area contributed by atoms with E-state index in [1.165, 1.54) is 0 Å². The number of fused-ring (bicyclic) bond motifs is 2. The van der Waals surface area contributed by atoms with Gasteiger partial charge in [-0.3, -0.25) is 14.5 Å². The molecular formula is C22H18BrN7O. The second kappa shape index (κ2) is 7.59. The molecule has 154 valence electrons. The summed E-state index contributed by atoms with van der Waals surface area (Å²) in [5.74, 6) is -0.327. The molecule has 9 heteroatoms. The maximum Gasteiger partial charge on any atom is 0.276 e. The molecule has 0 aliphatic rings. The third-order valence-corrected chi connectivity index (χ3v) is 5.93. The third kappa shape index (κ3) is 3.27. The lowest BCUT2D eigenvalue weighted by Gasteiger charge is -2.08. The largest absolute Gasteiger partial charge is 0.319 e. The number of pyridine rings is 1. The van der Waals surface area contributed by atoms with Gasteiger partial charge in [-0.05, 0) is 38.1 Å². The summed E-state index contributed by atoms with van der Waals surface area (Å²) in [6, 6.07) is 11.1. The first-order valence-electron chi connectivity index (χ1n) is 9.79. The zero-order chi connectivity index (χ0) is 21.5. The summed E-state index contributed by atoms with van der Waals surface area (Å²) >= 11 is 3.52. The highest BCUT2D eigenvalue weighted by molar-refractivity contribution is 9.10. The molecule has 0 bridgehead atoms. The van der Waals surface area contributed by atoms with Gasteiger partial charge in [0, 0.05) is 46.1 Å². The Morgan fingerprint density at radius 3 is 2.84 bits per heavy atom. The number of carbonyl (C=O) groups is 1. The quantitative estimate of drug-likeness (QED) is 0.413. The molecule has 0 aliphatic carbocycles. The smallest absolute Gasteiger partial charge is 0.276 e. The third-order valence-electron chi connectivity index (χ3n) is 5.23. The van der Waals surface area contributed by atoms with Gasteiger partial charge in [0.15, 0.2) is 11.3 Å². The van der Waals surface area contributed by atoms with Crippen molar-refractivity contribution in [2.45, 2.75) is 20.4 Å². The van der Waals surface area contributed by atoms with Crippen LogP contribution in [0.3, 0.4) is 0 Å². The lowest BCUT2D eigenvalue weighted by Crippen LogP contribution is -2.13. The second-order valence-electron chi connectivity index (χ2n) is 7.04. The Morgan fingerprint density at radius 1 is 1.16 bits per heavy atom. The van der Waals surface area contributed by atoms with E-state index in [2.05, 4.69) is 41.4 Å². The number of hydrogen-bond donors (Lipinski definition) is 1. The highest BCUT2D eigenvalue weighted by atomic mass is 79.9. The van der Waals surface area contributed by atoms with Crippen molar-refractivity contribution in [1.29, 1.82) is 0 Å². The van der Waals surface area contributed by atoms with E-state index in [0.29, 0.717) is 16.9 Å². The molecule has 0 radical (unpaired) electrons. The first-order chi connectivity index (χ1) is 15.1. The number of rotatable bonds is 4. The van der Waals surface area contributed by atoms with Crippen molar-refractivity contribution in [1.82, 2.24) is 29.4 Å². The second-order valence-corrected chi connectivity index (χ2v) is 7.89. The maximum absolute atomic E-state index is 13.0. The molecule has 0 aliphatic heterocycles. The van der Waals surface area contributed by atoms with Gasteiger partial charge < -0.3 is 5.32 Å². The van der Waals surface area contributed by atoms with Crippen molar-refractivity contribution in [3.63, 3.8) is 0 Å². The summed E-state index contributed by atoms with van der Waals surface area (Å²) < 4.78 is 4.51. The summed E-state index contributed by atoms with van der Waals surface area (Å²) in [6.07, 6.45) is 5.22. The van der Waals surface area contributed by atoms with Gasteiger partial charge in [0.25, 0.3) is 5.91 Å². The number of nitrogens with zero attached hydrogens (tertiary/aromatic N) is 6. The lowest BCUT2D eigenvalue weighted by atomic mass is 10.2. The topological polar surface area (TPSA) is 90.0 Å². The van der Waals surface area contributed by atoms with E-state index in [1.54, 1.807) is 23.0 Å². The van der Waals surface area contributed by atoms with Gasteiger partial charge in [-0.2, -0.15) is 10.2 Å². The maximum atomic E-state index is 13.0. The van der Waals surface area contributed by atoms with E-state index in [9.17, 15) is 4.79 Å². The minimum absolute atomic E-state index is 0.271. The monoisotopic (exact) mass is 475 g/mol. The van der Waals surface area contributed by atoms with Gasteiger partial charge >= 0.3 is 0 Å². The number of benzene rings is 1. The van der Waals surface area contributed by atoms with Gasteiger partial charge in [0.2, 0.25) is 0 Å². The Bertz CT molecular complexity index is 1450. The summed E-state index contributed by atoms with van der Waals surface area (Å²) in [5, 5.41) is 12.8. The van der Waals surface area contributed by atoms with Crippen molar-refractivity contribution < 1.29 is 4.79 Å². The fourth-order valence-electron chi connectivity index (χ4n) is 3.65. The number of hydrogen-bond acceptors (Lipinski definition) is 5. The Kier molecular flexibility index (Phi) is 4.74. The molecular weight excluding hydrogens is 458 g/mol. The van der Waals surface area contributed by atoms with E-state index in [4.69, 9.17) is 0 Å². The summed E-state index contributed by atoms with van der Waals surface area (Å²) in [4.78, 5) is 21.8. The van der Waals surface area contributed by atoms with Crippen LogP contribution in [-0.4, -0.2) is 35.3 Å². The minimum Gasteiger partial charge on any atom is -0.319 e. The average Bonchev–Trinajstić information content (AvgIpc) is 3.39. The standard InChI is InChI=1S/C22H18BrN7O/c1-3-29-13(2)15(12-26-29)19-8-10-24-20-11-18(28-30(19)20)22(31)27-17-7-6-16(23)14-5-4-9-25-21(14)17/h4-12H,3H2,1-2H3,(H,27,31). The van der Waals surface area contributed by atoms with Crippen LogP contribution in [0, 0.1) is 6.92 Å². The van der Waals surface area contributed by atoms with Crippen LogP contribution >= 0.6 is 15.9 Å². The van der Waals surface area contributed by atoms with Crippen LogP contribution in [0.1, 0.15) is 23.1 Å². The van der Waals surface area contributed by atoms with E-state index >= 15 is 0 Å². The zero-order valence-electron chi connectivity index (χ0n) is 16.9. The van der Waals surface area contributed by atoms with E-state index in [1.807, 2.05) is 55.1 Å². The van der Waals surface area contributed by atoms with E-state index in [0.717, 1.165) is 33.4 Å². The van der Waals surface area contributed by atoms with Crippen molar-refractivity contribution in [2.24, 2.45) is 0 Å². The van der Waals surface area contributed by atoms with Crippen LogP contribution in [0.15, 0.2) is 59.5 Å². The van der Waals surface area contributed by atoms with Crippen molar-refractivity contribution in [3.8, 4) is 11.3 Å². The van der Waals surface area contributed by atoms with Crippen molar-refractivity contribution in [3.05, 3.63) is 70.8 Å². The van der Waals surface area contributed by atoms with Gasteiger partial charge in [-0.25, -0.2) is 9.50 Å². The first kappa shape index (κ1) is 19.4. The van der Waals surface area contributed by atoms with E-state index in [-0.39, 0.29) is 11.6 Å². The average molecular weight is 476 g/mol. The van der Waals surface area contributed by atoms with Gasteiger partial charge in [0.05, 0.1) is 23.1 Å². The number of anilines is 1. The van der Waals surface area contributed by atoms with Crippen molar-refractivity contribution in [2.75, 3.05) is 5.32 Å². The predicted molar refractivity (Wildman–Crippen MR) is 122 cm³/mol. The molecule has 1 aromatic carbocycles. The molecule has 8 nitrogen and oxygen atoms in total. The van der Waals surface area contributed by atoms with Crippen LogP contribution in [0.4, 0.5) is 5.69 Å². The number of aryl methyl sites for hydroxylation is 1. The highest BCUT2D eigenvalue weighted by Crippen LogP contribution is 2.29. The van der Waals surface area contributed by atoms with Crippen molar-refractivity contribution >= 4 is 44.1 Å². The number of nitrogens with one attached hydrogen (secondary N) is 1. The molecule has 1 N–H and O–H groups in total. The molecule has 31 heavy (non-hydrogen) atoms. The number of halogens is 1. The Morgan fingerprint density at radius 2 is 2.03 bits per heavy atom. The molecule has 1 amide bonds. The molecule has 0 saturated heterocycles. The predicted octanol–water partition coefficient (Wildman–Crippen LogP) is 4.48. The van der Waals surface area contributed by atoms with Crippen LogP contribution in [-0.2, 0) is 6.54 Å². The van der Waals surface area contributed by atoms with Crippen LogP contribution in [0.25, 0.3) is 27.8 Å². The van der Waals surface area contributed by atoms with Gasteiger partial charge in [-0.15, -0.1) is 0 Å². The Labute approximate surface area is 186 Å². The molecule has 0 atom stereocenters.